The number of phenols is 1. The van der Waals surface area contributed by atoms with Crippen molar-refractivity contribution in [2.75, 3.05) is 19.6 Å². The first kappa shape index (κ1) is 56.8. The van der Waals surface area contributed by atoms with E-state index in [1.165, 1.54) is 34.5 Å². The van der Waals surface area contributed by atoms with Crippen LogP contribution in [-0.4, -0.2) is 157 Å². The summed E-state index contributed by atoms with van der Waals surface area (Å²) in [5.41, 5.74) is 23.6. The van der Waals surface area contributed by atoms with Crippen molar-refractivity contribution < 1.29 is 53.4 Å². The van der Waals surface area contributed by atoms with Crippen LogP contribution >= 0.6 is 0 Å². The largest absolute Gasteiger partial charge is 0.508 e. The first-order valence-electron chi connectivity index (χ1n) is 24.5. The molecule has 0 bridgehead atoms. The number of H-pyrrole nitrogens is 1. The number of rotatable bonds is 26. The van der Waals surface area contributed by atoms with Crippen LogP contribution in [0.5, 0.6) is 5.75 Å². The number of hydrogen-bond acceptors (Lipinski definition) is 13. The lowest BCUT2D eigenvalue weighted by atomic mass is 9.99. The molecule has 400 valence electrons. The third-order valence-corrected chi connectivity index (χ3v) is 12.7. The highest BCUT2D eigenvalue weighted by Crippen LogP contribution is 2.24. The lowest BCUT2D eigenvalue weighted by molar-refractivity contribution is -0.145. The summed E-state index contributed by atoms with van der Waals surface area (Å²) in [5.74, 6) is -8.00. The number of aromatic nitrogens is 2. The molecule has 2 fully saturated rings. The van der Waals surface area contributed by atoms with Gasteiger partial charge in [-0.1, -0.05) is 56.3 Å². The van der Waals surface area contributed by atoms with Crippen LogP contribution in [-0.2, 0) is 62.4 Å². The maximum atomic E-state index is 14.8. The Labute approximate surface area is 427 Å². The van der Waals surface area contributed by atoms with Crippen LogP contribution in [0.15, 0.2) is 72.1 Å². The van der Waals surface area contributed by atoms with Gasteiger partial charge in [-0.05, 0) is 67.7 Å². The molecule has 5 rings (SSSR count). The molecule has 2 aliphatic rings. The highest BCUT2D eigenvalue weighted by molar-refractivity contribution is 5.98. The molecule has 74 heavy (non-hydrogen) atoms. The minimum Gasteiger partial charge on any atom is -0.508 e. The topological polar surface area (TPSA) is 406 Å². The third-order valence-electron chi connectivity index (χ3n) is 12.7. The Morgan fingerprint density at radius 3 is 1.81 bits per heavy atom. The number of carboxylic acids is 1. The fourth-order valence-corrected chi connectivity index (χ4v) is 8.89. The SMILES string of the molecule is CC(C)[C@H](NC(=O)[C@H](CCCN=C(N)N)NC(=O)[C@@H](N)CC(N)=O)C(=O)N[C@@H](Cc1ccc(O)cc1)C(=O)N1CCC[C@H]1C(=O)N[C@@H](Cc1cnc[nH]1)C(=O)N1CCC[C@H]1C(=O)N[C@@H](Cc1ccccc1)C(=O)O. The Balaban J connectivity index is 1.35. The van der Waals surface area contributed by atoms with Crippen LogP contribution < -0.4 is 49.5 Å². The zero-order valence-corrected chi connectivity index (χ0v) is 41.4. The molecular formula is C49H68N14O11. The van der Waals surface area contributed by atoms with Crippen molar-refractivity contribution in [3.8, 4) is 5.75 Å². The van der Waals surface area contributed by atoms with Crippen molar-refractivity contribution in [2.24, 2.45) is 33.8 Å². The summed E-state index contributed by atoms with van der Waals surface area (Å²) in [6, 6.07) is 4.67. The minimum absolute atomic E-state index is 0.00868. The normalized spacial score (nSPS) is 17.7. The van der Waals surface area contributed by atoms with E-state index in [2.05, 4.69) is 41.5 Å². The molecule has 25 heteroatoms. The smallest absolute Gasteiger partial charge is 0.326 e. The van der Waals surface area contributed by atoms with Crippen LogP contribution in [0.25, 0.3) is 0 Å². The Hall–Kier alpha value is -8.09. The number of carbonyl (C=O) groups is 9. The van der Waals surface area contributed by atoms with Crippen molar-refractivity contribution in [1.29, 1.82) is 0 Å². The summed E-state index contributed by atoms with van der Waals surface area (Å²) >= 11 is 0. The number of phenolic OH excluding ortho intramolecular Hbond substituents is 1. The summed E-state index contributed by atoms with van der Waals surface area (Å²) < 4.78 is 0. The monoisotopic (exact) mass is 1030 g/mol. The average molecular weight is 1030 g/mol. The molecule has 8 atom stereocenters. The number of imidazole rings is 1. The quantitative estimate of drug-likeness (QED) is 0.0226. The Kier molecular flexibility index (Phi) is 20.8. The molecule has 3 heterocycles. The van der Waals surface area contributed by atoms with Gasteiger partial charge >= 0.3 is 5.97 Å². The second-order valence-electron chi connectivity index (χ2n) is 18.8. The molecule has 0 radical (unpaired) electrons. The number of nitrogens with two attached hydrogens (primary N) is 4. The van der Waals surface area contributed by atoms with Gasteiger partial charge < -0.3 is 74.5 Å². The van der Waals surface area contributed by atoms with E-state index in [1.54, 1.807) is 56.3 Å². The Bertz CT molecular complexity index is 2470. The van der Waals surface area contributed by atoms with E-state index >= 15 is 0 Å². The minimum atomic E-state index is -1.38. The van der Waals surface area contributed by atoms with Gasteiger partial charge in [0.05, 0.1) is 18.8 Å². The average Bonchev–Trinajstić information content (AvgIpc) is 4.17. The summed E-state index contributed by atoms with van der Waals surface area (Å²) in [6.07, 6.45) is 3.58. The van der Waals surface area contributed by atoms with Crippen LogP contribution in [0.3, 0.4) is 0 Å². The van der Waals surface area contributed by atoms with Crippen LogP contribution in [0.2, 0.25) is 0 Å². The molecule has 2 aliphatic heterocycles. The molecule has 1 aromatic heterocycles. The molecule has 0 saturated carbocycles. The van der Waals surface area contributed by atoms with Gasteiger partial charge in [0.2, 0.25) is 47.3 Å². The number of aromatic hydroxyl groups is 1. The second-order valence-corrected chi connectivity index (χ2v) is 18.8. The van der Waals surface area contributed by atoms with E-state index in [9.17, 15) is 53.4 Å². The maximum Gasteiger partial charge on any atom is 0.326 e. The number of aromatic amines is 1. The van der Waals surface area contributed by atoms with E-state index in [4.69, 9.17) is 22.9 Å². The van der Waals surface area contributed by atoms with Crippen molar-refractivity contribution in [3.05, 3.63) is 83.9 Å². The highest BCUT2D eigenvalue weighted by Gasteiger charge is 2.43. The molecule has 16 N–H and O–H groups in total. The van der Waals surface area contributed by atoms with Crippen molar-refractivity contribution in [2.45, 2.75) is 126 Å². The number of aliphatic imine (C=N–C) groups is 1. The fraction of sp³-hybridized carbons (Fsp3) is 0.490. The lowest BCUT2D eigenvalue weighted by Gasteiger charge is -2.32. The second kappa shape index (κ2) is 27.1. The van der Waals surface area contributed by atoms with E-state index in [0.717, 1.165) is 0 Å². The third kappa shape index (κ3) is 16.5. The molecule has 25 nitrogen and oxygen atoms in total. The van der Waals surface area contributed by atoms with Crippen molar-refractivity contribution in [3.63, 3.8) is 0 Å². The van der Waals surface area contributed by atoms with Gasteiger partial charge in [-0.3, -0.25) is 43.3 Å². The zero-order chi connectivity index (χ0) is 54.1. The number of nitrogens with zero attached hydrogens (tertiary/aromatic N) is 4. The van der Waals surface area contributed by atoms with Gasteiger partial charge in [0.1, 0.15) is 48.0 Å². The molecular weight excluding hydrogens is 961 g/mol. The number of nitrogens with one attached hydrogen (secondary N) is 6. The van der Waals surface area contributed by atoms with Crippen LogP contribution in [0.4, 0.5) is 0 Å². The number of carboxylic acid groups (broad SMARTS) is 1. The molecule has 0 aliphatic carbocycles. The number of benzene rings is 2. The molecule has 0 spiro atoms. The maximum absolute atomic E-state index is 14.8. The van der Waals surface area contributed by atoms with E-state index in [0.29, 0.717) is 29.7 Å². The van der Waals surface area contributed by atoms with Crippen molar-refractivity contribution >= 4 is 59.2 Å². The lowest BCUT2D eigenvalue weighted by Crippen LogP contribution is -2.61. The molecule has 2 saturated heterocycles. The van der Waals surface area contributed by atoms with Gasteiger partial charge in [-0.15, -0.1) is 0 Å². The first-order chi connectivity index (χ1) is 35.2. The standard InChI is InChI=1S/C49H68N14O11/c1-27(2)40(61-42(67)33(11-6-18-55-49(52)53)57-41(66)32(50)24-39(51)65)45(70)59-34(21-29-14-16-31(64)17-15-29)46(71)62-19-7-12-37(62)43(68)58-35(23-30-25-54-26-56-30)47(72)63-20-8-13-38(63)44(69)60-36(48(73)74)22-28-9-4-3-5-10-28/h3-5,9-10,14-17,25-27,32-38,40,64H,6-8,11-13,18-24,50H2,1-2H3,(H2,51,65)(H,54,56)(H,57,66)(H,58,68)(H,59,70)(H,60,69)(H,61,67)(H,73,74)(H4,52,53,55)/t32-,33-,34-,35-,36-,37-,38-,40-/m0/s1. The van der Waals surface area contributed by atoms with Gasteiger partial charge in [0, 0.05) is 50.8 Å². The number of aliphatic carboxylic acids is 1. The van der Waals surface area contributed by atoms with Gasteiger partial charge in [0.25, 0.3) is 0 Å². The molecule has 8 amide bonds. The van der Waals surface area contributed by atoms with Gasteiger partial charge in [0.15, 0.2) is 5.96 Å². The molecule has 0 unspecified atom stereocenters. The van der Waals surface area contributed by atoms with Gasteiger partial charge in [-0.2, -0.15) is 0 Å². The first-order valence-corrected chi connectivity index (χ1v) is 24.5. The summed E-state index contributed by atoms with van der Waals surface area (Å²) in [4.78, 5) is 136. The summed E-state index contributed by atoms with van der Waals surface area (Å²) in [6.45, 7) is 3.61. The van der Waals surface area contributed by atoms with E-state index in [-0.39, 0.29) is 76.3 Å². The predicted octanol–water partition coefficient (Wildman–Crippen LogP) is -2.45. The Morgan fingerprint density at radius 2 is 1.27 bits per heavy atom. The summed E-state index contributed by atoms with van der Waals surface area (Å²) in [7, 11) is 0. The van der Waals surface area contributed by atoms with E-state index < -0.39 is 114 Å². The van der Waals surface area contributed by atoms with Crippen LogP contribution in [0.1, 0.15) is 75.6 Å². The number of carbonyl (C=O) groups excluding carboxylic acids is 8. The Morgan fingerprint density at radius 1 is 0.716 bits per heavy atom. The predicted molar refractivity (Wildman–Crippen MR) is 268 cm³/mol. The number of likely N-dealkylation sites (tertiary alicyclic amines) is 2. The van der Waals surface area contributed by atoms with Crippen molar-refractivity contribution in [1.82, 2.24) is 46.4 Å². The highest BCUT2D eigenvalue weighted by atomic mass is 16.4. The number of hydrogen-bond donors (Lipinski definition) is 12. The van der Waals surface area contributed by atoms with Gasteiger partial charge in [-0.25, -0.2) is 9.78 Å². The molecule has 2 aromatic carbocycles. The summed E-state index contributed by atoms with van der Waals surface area (Å²) in [5, 5.41) is 33.4. The molecule has 3 aromatic rings. The fourth-order valence-electron chi connectivity index (χ4n) is 8.89. The number of guanidine groups is 1. The van der Waals surface area contributed by atoms with E-state index in [1.807, 2.05) is 0 Å². The number of primary amides is 1. The zero-order valence-electron chi connectivity index (χ0n) is 41.4. The number of amides is 8. The van der Waals surface area contributed by atoms with Crippen LogP contribution in [0, 0.1) is 5.92 Å².